The smallest absolute Gasteiger partial charge is 0.192 e. The van der Waals surface area contributed by atoms with Gasteiger partial charge in [-0.2, -0.15) is 0 Å². The third-order valence-electron chi connectivity index (χ3n) is 5.47. The molecule has 2 aromatic carbocycles. The van der Waals surface area contributed by atoms with Crippen molar-refractivity contribution >= 4 is 22.9 Å². The zero-order chi connectivity index (χ0) is 22.1. The van der Waals surface area contributed by atoms with Crippen LogP contribution in [-0.4, -0.2) is 37.5 Å². The maximum atomic E-state index is 5.58. The summed E-state index contributed by atoms with van der Waals surface area (Å²) < 4.78 is 9.36. The highest BCUT2D eigenvalue weighted by atomic mass is 16.6. The molecular formula is C24H22N6O2. The van der Waals surface area contributed by atoms with Gasteiger partial charge < -0.3 is 9.57 Å². The third kappa shape index (κ3) is 3.35. The van der Waals surface area contributed by atoms with Gasteiger partial charge in [-0.1, -0.05) is 47.6 Å². The van der Waals surface area contributed by atoms with Gasteiger partial charge in [-0.15, -0.1) is 5.10 Å². The standard InChI is InChI=1S/C24H22N6O2/c1-16-17(2)30(19-11-7-8-12-20(19)31-3)23-22(16)24-27-21(28-29(24)15-25-23)14-32-26-13-18-9-5-4-6-10-18/h4-13,15H,14H2,1-3H3/b26-13+. The molecule has 0 radical (unpaired) electrons. The number of oxime groups is 1. The van der Waals surface area contributed by atoms with Gasteiger partial charge >= 0.3 is 0 Å². The van der Waals surface area contributed by atoms with Crippen LogP contribution in [0.5, 0.6) is 5.75 Å². The molecule has 0 saturated carbocycles. The fourth-order valence-corrected chi connectivity index (χ4v) is 3.81. The lowest BCUT2D eigenvalue weighted by molar-refractivity contribution is 0.126. The van der Waals surface area contributed by atoms with Crippen molar-refractivity contribution in [1.82, 2.24) is 24.1 Å². The van der Waals surface area contributed by atoms with Gasteiger partial charge in [0.25, 0.3) is 0 Å². The Bertz CT molecular complexity index is 1440. The molecule has 0 saturated heterocycles. The summed E-state index contributed by atoms with van der Waals surface area (Å²) in [5.41, 5.74) is 5.59. The Kier molecular flexibility index (Phi) is 5.03. The largest absolute Gasteiger partial charge is 0.495 e. The first-order valence-corrected chi connectivity index (χ1v) is 10.2. The average molecular weight is 426 g/mol. The zero-order valence-corrected chi connectivity index (χ0v) is 18.1. The molecule has 0 fully saturated rings. The van der Waals surface area contributed by atoms with Crippen molar-refractivity contribution in [2.75, 3.05) is 7.11 Å². The molecule has 3 heterocycles. The van der Waals surface area contributed by atoms with E-state index in [0.29, 0.717) is 5.82 Å². The number of fused-ring (bicyclic) bond motifs is 3. The number of hydrogen-bond donors (Lipinski definition) is 0. The molecule has 0 bridgehead atoms. The van der Waals surface area contributed by atoms with Crippen LogP contribution in [0.25, 0.3) is 22.4 Å². The number of ether oxygens (including phenoxy) is 1. The normalized spacial score (nSPS) is 11.6. The molecule has 0 unspecified atom stereocenters. The van der Waals surface area contributed by atoms with Crippen molar-refractivity contribution in [2.45, 2.75) is 20.5 Å². The van der Waals surface area contributed by atoms with Crippen LogP contribution in [0.4, 0.5) is 0 Å². The minimum Gasteiger partial charge on any atom is -0.495 e. The van der Waals surface area contributed by atoms with E-state index in [1.165, 1.54) is 0 Å². The quantitative estimate of drug-likeness (QED) is 0.300. The van der Waals surface area contributed by atoms with E-state index in [1.54, 1.807) is 24.2 Å². The van der Waals surface area contributed by atoms with Crippen molar-refractivity contribution < 1.29 is 9.57 Å². The molecule has 5 aromatic rings. The van der Waals surface area contributed by atoms with Gasteiger partial charge in [0, 0.05) is 5.69 Å². The molecule has 0 N–H and O–H groups in total. The van der Waals surface area contributed by atoms with E-state index in [-0.39, 0.29) is 6.61 Å². The Morgan fingerprint density at radius 1 is 1.00 bits per heavy atom. The lowest BCUT2D eigenvalue weighted by atomic mass is 10.2. The number of aromatic nitrogens is 5. The van der Waals surface area contributed by atoms with Crippen LogP contribution in [0, 0.1) is 13.8 Å². The molecule has 0 aliphatic heterocycles. The lowest BCUT2D eigenvalue weighted by Gasteiger charge is -2.12. The van der Waals surface area contributed by atoms with Gasteiger partial charge in [-0.25, -0.2) is 14.5 Å². The second-order valence-corrected chi connectivity index (χ2v) is 7.38. The van der Waals surface area contributed by atoms with E-state index in [1.807, 2.05) is 54.6 Å². The number of nitrogens with zero attached hydrogens (tertiary/aromatic N) is 6. The van der Waals surface area contributed by atoms with Gasteiger partial charge in [-0.3, -0.25) is 4.57 Å². The van der Waals surface area contributed by atoms with Gasteiger partial charge in [0.05, 0.1) is 24.4 Å². The highest BCUT2D eigenvalue weighted by molar-refractivity contribution is 5.95. The Labute approximate surface area is 184 Å². The van der Waals surface area contributed by atoms with Gasteiger partial charge in [0.15, 0.2) is 23.7 Å². The molecule has 0 aliphatic rings. The molecule has 5 rings (SSSR count). The predicted octanol–water partition coefficient (Wildman–Crippen LogP) is 4.24. The van der Waals surface area contributed by atoms with Crippen molar-refractivity contribution in [1.29, 1.82) is 0 Å². The molecule has 0 aliphatic carbocycles. The van der Waals surface area contributed by atoms with E-state index < -0.39 is 0 Å². The first kappa shape index (κ1) is 19.7. The summed E-state index contributed by atoms with van der Waals surface area (Å²) >= 11 is 0. The van der Waals surface area contributed by atoms with E-state index in [2.05, 4.69) is 33.7 Å². The van der Waals surface area contributed by atoms with Crippen LogP contribution in [0.1, 0.15) is 22.6 Å². The topological polar surface area (TPSA) is 78.8 Å². The third-order valence-corrected chi connectivity index (χ3v) is 5.47. The monoisotopic (exact) mass is 426 g/mol. The molecular weight excluding hydrogens is 404 g/mol. The average Bonchev–Trinajstić information content (AvgIpc) is 3.35. The second kappa shape index (κ2) is 8.14. The number of rotatable bonds is 6. The van der Waals surface area contributed by atoms with Crippen molar-refractivity contribution in [3.63, 3.8) is 0 Å². The second-order valence-electron chi connectivity index (χ2n) is 7.38. The van der Waals surface area contributed by atoms with Gasteiger partial charge in [-0.05, 0) is 37.1 Å². The highest BCUT2D eigenvalue weighted by Crippen LogP contribution is 2.33. The zero-order valence-electron chi connectivity index (χ0n) is 18.1. The lowest BCUT2D eigenvalue weighted by Crippen LogP contribution is -2.01. The van der Waals surface area contributed by atoms with Crippen LogP contribution < -0.4 is 4.74 Å². The SMILES string of the molecule is COc1ccccc1-n1c(C)c(C)c2c1ncn1nc(CO/N=C/c3ccccc3)nc21. The maximum Gasteiger partial charge on any atom is 0.192 e. The van der Waals surface area contributed by atoms with E-state index in [0.717, 1.165) is 44.9 Å². The fraction of sp³-hybridized carbons (Fsp3) is 0.167. The Morgan fingerprint density at radius 3 is 2.59 bits per heavy atom. The number of aryl methyl sites for hydroxylation is 1. The number of hydrogen-bond acceptors (Lipinski definition) is 6. The summed E-state index contributed by atoms with van der Waals surface area (Å²) in [4.78, 5) is 14.8. The number of benzene rings is 2. The van der Waals surface area contributed by atoms with Crippen LogP contribution in [0.2, 0.25) is 0 Å². The summed E-state index contributed by atoms with van der Waals surface area (Å²) in [5.74, 6) is 1.31. The van der Waals surface area contributed by atoms with Crippen molar-refractivity contribution in [2.24, 2.45) is 5.16 Å². The summed E-state index contributed by atoms with van der Waals surface area (Å²) in [6.45, 7) is 4.30. The molecule has 32 heavy (non-hydrogen) atoms. The summed E-state index contributed by atoms with van der Waals surface area (Å²) in [6.07, 6.45) is 3.34. The first-order chi connectivity index (χ1) is 15.7. The van der Waals surface area contributed by atoms with E-state index >= 15 is 0 Å². The molecule has 0 amide bonds. The molecule has 8 heteroatoms. The minimum absolute atomic E-state index is 0.164. The molecule has 3 aromatic heterocycles. The highest BCUT2D eigenvalue weighted by Gasteiger charge is 2.20. The minimum atomic E-state index is 0.164. The number of methoxy groups -OCH3 is 1. The molecule has 0 spiro atoms. The summed E-state index contributed by atoms with van der Waals surface area (Å²) in [6, 6.07) is 17.7. The van der Waals surface area contributed by atoms with Crippen molar-refractivity contribution in [3.8, 4) is 11.4 Å². The fourth-order valence-electron chi connectivity index (χ4n) is 3.81. The van der Waals surface area contributed by atoms with Crippen molar-refractivity contribution in [3.05, 3.63) is 83.6 Å². The van der Waals surface area contributed by atoms with E-state index in [4.69, 9.17) is 14.6 Å². The van der Waals surface area contributed by atoms with Crippen LogP contribution in [-0.2, 0) is 11.4 Å². The van der Waals surface area contributed by atoms with Gasteiger partial charge in [0.1, 0.15) is 12.1 Å². The summed E-state index contributed by atoms with van der Waals surface area (Å²) in [7, 11) is 1.67. The van der Waals surface area contributed by atoms with E-state index in [9.17, 15) is 0 Å². The predicted molar refractivity (Wildman–Crippen MR) is 122 cm³/mol. The number of para-hydroxylation sites is 2. The first-order valence-electron chi connectivity index (χ1n) is 10.2. The molecule has 0 atom stereocenters. The van der Waals surface area contributed by atoms with Gasteiger partial charge in [0.2, 0.25) is 0 Å². The summed E-state index contributed by atoms with van der Waals surface area (Å²) in [5, 5.41) is 9.47. The Morgan fingerprint density at radius 2 is 1.78 bits per heavy atom. The molecule has 8 nitrogen and oxygen atoms in total. The molecule has 160 valence electrons. The van der Waals surface area contributed by atoms with Crippen LogP contribution in [0.3, 0.4) is 0 Å². The van der Waals surface area contributed by atoms with Crippen LogP contribution >= 0.6 is 0 Å². The maximum absolute atomic E-state index is 5.58. The Balaban J connectivity index is 1.51. The Hall–Kier alpha value is -4.20. The van der Waals surface area contributed by atoms with Crippen LogP contribution in [0.15, 0.2) is 66.1 Å².